The number of Topliss-reactive ketones (excluding diaryl/α,β-unsaturated/α-hetero) is 1. The smallest absolute Gasteiger partial charge is 0.264 e. The molecule has 0 spiro atoms. The fraction of sp³-hybridized carbons (Fsp3) is 0.818. The Morgan fingerprint density at radius 2 is 2.05 bits per heavy atom. The monoisotopic (exact) mass is 291 g/mol. The van der Waals surface area contributed by atoms with Crippen molar-refractivity contribution >= 4 is 21.8 Å². The van der Waals surface area contributed by atoms with Crippen LogP contribution in [0.3, 0.4) is 0 Å². The van der Waals surface area contributed by atoms with Gasteiger partial charge in [-0.2, -0.15) is 8.42 Å². The van der Waals surface area contributed by atoms with Gasteiger partial charge >= 0.3 is 0 Å². The lowest BCUT2D eigenvalue weighted by atomic mass is 9.78. The summed E-state index contributed by atoms with van der Waals surface area (Å²) in [5, 5.41) is 0. The summed E-state index contributed by atoms with van der Waals surface area (Å²) >= 11 is 0. The van der Waals surface area contributed by atoms with Gasteiger partial charge in [0, 0.05) is 19.6 Å². The van der Waals surface area contributed by atoms with E-state index >= 15 is 0 Å². The molecule has 0 saturated carbocycles. The van der Waals surface area contributed by atoms with Crippen LogP contribution >= 0.6 is 0 Å². The first-order chi connectivity index (χ1) is 8.76. The second-order valence-corrected chi connectivity index (χ2v) is 6.55. The molecule has 1 amide bonds. The van der Waals surface area contributed by atoms with Gasteiger partial charge in [-0.25, -0.2) is 0 Å². The number of hydrogen-bond donors (Lipinski definition) is 0. The quantitative estimate of drug-likeness (QED) is 0.496. The number of hydrogen-bond acceptors (Lipinski definition) is 6. The number of nitrogens with zero attached hydrogens (tertiary/aromatic N) is 1. The molecule has 0 aliphatic carbocycles. The Hall–Kier alpha value is -0.990. The Bertz CT molecular complexity index is 493. The summed E-state index contributed by atoms with van der Waals surface area (Å²) in [7, 11) is -2.32. The number of carbonyl (C=O) groups is 2. The average molecular weight is 291 g/mol. The molecular weight excluding hydrogens is 274 g/mol. The van der Waals surface area contributed by atoms with Crippen molar-refractivity contribution in [3.63, 3.8) is 0 Å². The molecule has 0 aromatic rings. The van der Waals surface area contributed by atoms with Crippen molar-refractivity contribution in [3.8, 4) is 0 Å². The number of ether oxygens (including phenoxy) is 1. The molecule has 2 aliphatic heterocycles. The minimum absolute atomic E-state index is 0.137. The first-order valence-corrected chi connectivity index (χ1v) is 7.80. The zero-order valence-corrected chi connectivity index (χ0v) is 11.8. The molecule has 2 saturated heterocycles. The number of amides is 1. The van der Waals surface area contributed by atoms with E-state index in [0.717, 1.165) is 6.26 Å². The van der Waals surface area contributed by atoms with Crippen LogP contribution in [0.25, 0.3) is 0 Å². The summed E-state index contributed by atoms with van der Waals surface area (Å²) < 4.78 is 32.8. The van der Waals surface area contributed by atoms with Crippen LogP contribution in [-0.2, 0) is 28.6 Å². The van der Waals surface area contributed by atoms with Crippen LogP contribution in [0.5, 0.6) is 0 Å². The summed E-state index contributed by atoms with van der Waals surface area (Å²) in [5.41, 5.74) is 0. The van der Waals surface area contributed by atoms with Gasteiger partial charge in [-0.1, -0.05) is 0 Å². The summed E-state index contributed by atoms with van der Waals surface area (Å²) in [4.78, 5) is 24.9. The third-order valence-electron chi connectivity index (χ3n) is 3.67. The summed E-state index contributed by atoms with van der Waals surface area (Å²) in [6.07, 6.45) is -0.239. The molecule has 0 aromatic carbocycles. The van der Waals surface area contributed by atoms with Crippen LogP contribution < -0.4 is 0 Å². The molecule has 19 heavy (non-hydrogen) atoms. The van der Waals surface area contributed by atoms with E-state index in [1.807, 2.05) is 0 Å². The highest BCUT2D eigenvalue weighted by molar-refractivity contribution is 7.86. The SMILES string of the molecule is CO[C@H]1C(=O)N2CC[C@@H](C(C)=O)[C@H](OS(C)(=O)=O)[C@@H]12. The molecular formula is C11H17NO6S. The van der Waals surface area contributed by atoms with Crippen LogP contribution in [-0.4, -0.2) is 63.2 Å². The highest BCUT2D eigenvalue weighted by Gasteiger charge is 2.57. The number of fused-ring (bicyclic) bond motifs is 1. The highest BCUT2D eigenvalue weighted by atomic mass is 32.2. The third-order valence-corrected chi connectivity index (χ3v) is 4.24. The maximum absolute atomic E-state index is 11.7. The van der Waals surface area contributed by atoms with E-state index in [1.54, 1.807) is 0 Å². The van der Waals surface area contributed by atoms with Crippen molar-refractivity contribution in [2.45, 2.75) is 31.6 Å². The van der Waals surface area contributed by atoms with Gasteiger partial charge < -0.3 is 9.64 Å². The van der Waals surface area contributed by atoms with Gasteiger partial charge in [0.05, 0.1) is 12.3 Å². The molecule has 0 bridgehead atoms. The Labute approximate surface area is 112 Å². The van der Waals surface area contributed by atoms with E-state index in [2.05, 4.69) is 0 Å². The van der Waals surface area contributed by atoms with Crippen molar-refractivity contribution in [1.29, 1.82) is 0 Å². The number of methoxy groups -OCH3 is 1. The van der Waals surface area contributed by atoms with Crippen molar-refractivity contribution in [2.24, 2.45) is 5.92 Å². The molecule has 2 fully saturated rings. The van der Waals surface area contributed by atoms with Gasteiger partial charge in [-0.05, 0) is 13.3 Å². The maximum atomic E-state index is 11.7. The van der Waals surface area contributed by atoms with Gasteiger partial charge in [0.2, 0.25) is 0 Å². The lowest BCUT2D eigenvalue weighted by molar-refractivity contribution is -0.190. The standard InChI is InChI=1S/C11H17NO6S/c1-6(13)7-4-5-12-8(10(17-2)11(12)14)9(7)18-19(3,15)16/h7-10H,4-5H2,1-3H3/t7-,8-,9-,10+/m0/s1. The molecule has 4 atom stereocenters. The molecule has 2 heterocycles. The van der Waals surface area contributed by atoms with Crippen LogP contribution in [0, 0.1) is 5.92 Å². The number of β-lactam (4-membered cyclic amide) rings is 1. The van der Waals surface area contributed by atoms with Gasteiger partial charge in [0.15, 0.2) is 6.10 Å². The Morgan fingerprint density at radius 1 is 1.42 bits per heavy atom. The molecule has 0 radical (unpaired) electrons. The fourth-order valence-corrected chi connectivity index (χ4v) is 3.48. The molecule has 7 nitrogen and oxygen atoms in total. The van der Waals surface area contributed by atoms with E-state index in [9.17, 15) is 18.0 Å². The van der Waals surface area contributed by atoms with Crippen molar-refractivity contribution in [3.05, 3.63) is 0 Å². The maximum Gasteiger partial charge on any atom is 0.264 e. The largest absolute Gasteiger partial charge is 0.369 e. The molecule has 8 heteroatoms. The Kier molecular flexibility index (Phi) is 3.67. The number of piperidine rings is 1. The first-order valence-electron chi connectivity index (χ1n) is 5.98. The normalized spacial score (nSPS) is 34.7. The number of rotatable bonds is 4. The molecule has 2 rings (SSSR count). The zero-order valence-electron chi connectivity index (χ0n) is 11.0. The Morgan fingerprint density at radius 3 is 2.53 bits per heavy atom. The summed E-state index contributed by atoms with van der Waals surface area (Å²) in [5.74, 6) is -0.846. The first kappa shape index (κ1) is 14.4. The van der Waals surface area contributed by atoms with Crippen molar-refractivity contribution < 1.29 is 26.9 Å². The van der Waals surface area contributed by atoms with Gasteiger partial charge in [-0.15, -0.1) is 0 Å². The van der Waals surface area contributed by atoms with Crippen LogP contribution in [0.15, 0.2) is 0 Å². The average Bonchev–Trinajstić information content (AvgIpc) is 2.27. The van der Waals surface area contributed by atoms with Gasteiger partial charge in [-0.3, -0.25) is 13.8 Å². The van der Waals surface area contributed by atoms with Gasteiger partial charge in [0.25, 0.3) is 16.0 Å². The topological polar surface area (TPSA) is 90.0 Å². The minimum atomic E-state index is -3.71. The zero-order chi connectivity index (χ0) is 14.4. The van der Waals surface area contributed by atoms with Gasteiger partial charge in [0.1, 0.15) is 11.9 Å². The molecule has 0 aromatic heterocycles. The minimum Gasteiger partial charge on any atom is -0.369 e. The Balaban J connectivity index is 2.28. The van der Waals surface area contributed by atoms with Crippen molar-refractivity contribution in [2.75, 3.05) is 19.9 Å². The van der Waals surface area contributed by atoms with E-state index in [4.69, 9.17) is 8.92 Å². The predicted octanol–water partition coefficient (Wildman–Crippen LogP) is -0.834. The fourth-order valence-electron chi connectivity index (χ4n) is 2.83. The second kappa shape index (κ2) is 4.84. The number of ketones is 1. The van der Waals surface area contributed by atoms with E-state index in [-0.39, 0.29) is 11.7 Å². The lowest BCUT2D eigenvalue weighted by Crippen LogP contribution is -2.74. The van der Waals surface area contributed by atoms with E-state index < -0.39 is 34.3 Å². The molecule has 0 unspecified atom stereocenters. The van der Waals surface area contributed by atoms with Crippen LogP contribution in [0.2, 0.25) is 0 Å². The summed E-state index contributed by atoms with van der Waals surface area (Å²) in [6.45, 7) is 1.83. The van der Waals surface area contributed by atoms with Crippen LogP contribution in [0.4, 0.5) is 0 Å². The number of carbonyl (C=O) groups excluding carboxylic acids is 2. The molecule has 2 aliphatic rings. The van der Waals surface area contributed by atoms with Crippen LogP contribution in [0.1, 0.15) is 13.3 Å². The summed E-state index contributed by atoms with van der Waals surface area (Å²) in [6, 6.07) is -0.505. The second-order valence-electron chi connectivity index (χ2n) is 4.95. The van der Waals surface area contributed by atoms with E-state index in [1.165, 1.54) is 18.9 Å². The highest BCUT2D eigenvalue weighted by Crippen LogP contribution is 2.37. The predicted molar refractivity (Wildman–Crippen MR) is 64.8 cm³/mol. The molecule has 0 N–H and O–H groups in total. The van der Waals surface area contributed by atoms with E-state index in [0.29, 0.717) is 13.0 Å². The molecule has 108 valence electrons. The third kappa shape index (κ3) is 2.52. The van der Waals surface area contributed by atoms with Crippen molar-refractivity contribution in [1.82, 2.24) is 4.90 Å². The lowest BCUT2D eigenvalue weighted by Gasteiger charge is -2.53.